The Morgan fingerprint density at radius 3 is 2.94 bits per heavy atom. The van der Waals surface area contributed by atoms with Crippen molar-refractivity contribution in [2.24, 2.45) is 5.16 Å². The van der Waals surface area contributed by atoms with Gasteiger partial charge < -0.3 is 10.2 Å². The van der Waals surface area contributed by atoms with E-state index in [1.54, 1.807) is 12.2 Å². The Kier molecular flexibility index (Phi) is 4.30. The van der Waals surface area contributed by atoms with Crippen molar-refractivity contribution < 1.29 is 9.63 Å². The van der Waals surface area contributed by atoms with Crippen molar-refractivity contribution in [3.63, 3.8) is 0 Å². The summed E-state index contributed by atoms with van der Waals surface area (Å²) in [6, 6.07) is 10.0. The Morgan fingerprint density at radius 1 is 1.28 bits per heavy atom. The van der Waals surface area contributed by atoms with Crippen molar-refractivity contribution in [2.75, 3.05) is 6.54 Å². The number of amides is 1. The van der Waals surface area contributed by atoms with Crippen LogP contribution in [0.1, 0.15) is 5.56 Å². The van der Waals surface area contributed by atoms with Gasteiger partial charge >= 0.3 is 0 Å². The molecule has 4 nitrogen and oxygen atoms in total. The molecular weight excluding hydrogens is 228 g/mol. The molecule has 0 aliphatic carbocycles. The second-order valence-electron chi connectivity index (χ2n) is 3.78. The molecule has 18 heavy (non-hydrogen) atoms. The predicted octanol–water partition coefficient (Wildman–Crippen LogP) is 1.80. The number of nitrogens with zero attached hydrogens (tertiary/aromatic N) is 1. The van der Waals surface area contributed by atoms with Gasteiger partial charge in [0.05, 0.1) is 6.21 Å². The van der Waals surface area contributed by atoms with Crippen LogP contribution in [0.5, 0.6) is 0 Å². The van der Waals surface area contributed by atoms with Gasteiger partial charge in [0.25, 0.3) is 5.91 Å². The van der Waals surface area contributed by atoms with Crippen LogP contribution in [-0.2, 0) is 16.1 Å². The first-order valence-electron chi connectivity index (χ1n) is 5.74. The van der Waals surface area contributed by atoms with Crippen LogP contribution in [0.2, 0.25) is 0 Å². The van der Waals surface area contributed by atoms with Gasteiger partial charge in [-0.3, -0.25) is 4.79 Å². The van der Waals surface area contributed by atoms with Gasteiger partial charge in [0.2, 0.25) is 0 Å². The van der Waals surface area contributed by atoms with E-state index in [0.29, 0.717) is 12.1 Å². The van der Waals surface area contributed by atoms with E-state index >= 15 is 0 Å². The lowest BCUT2D eigenvalue weighted by molar-refractivity contribution is -0.117. The first-order valence-corrected chi connectivity index (χ1v) is 5.74. The highest BCUT2D eigenvalue weighted by Crippen LogP contribution is 2.01. The third-order valence-corrected chi connectivity index (χ3v) is 2.49. The highest BCUT2D eigenvalue weighted by Gasteiger charge is 2.06. The van der Waals surface area contributed by atoms with E-state index in [-0.39, 0.29) is 5.91 Å². The first-order chi connectivity index (χ1) is 8.86. The second-order valence-corrected chi connectivity index (χ2v) is 3.78. The number of carbonyl (C=O) groups excluding carboxylic acids is 1. The summed E-state index contributed by atoms with van der Waals surface area (Å²) in [5.74, 6) is -0.126. The number of nitrogens with one attached hydrogen (secondary N) is 1. The van der Waals surface area contributed by atoms with Crippen molar-refractivity contribution in [3.8, 4) is 0 Å². The Labute approximate surface area is 106 Å². The number of allylic oxidation sites excluding steroid dienone is 1. The van der Waals surface area contributed by atoms with Crippen LogP contribution in [0.3, 0.4) is 0 Å². The van der Waals surface area contributed by atoms with Crippen molar-refractivity contribution in [2.45, 2.75) is 6.42 Å². The minimum Gasteiger partial charge on any atom is -0.365 e. The summed E-state index contributed by atoms with van der Waals surface area (Å²) >= 11 is 0. The summed E-state index contributed by atoms with van der Waals surface area (Å²) in [5, 5.41) is 6.42. The van der Waals surface area contributed by atoms with E-state index in [1.165, 1.54) is 18.0 Å². The molecule has 92 valence electrons. The van der Waals surface area contributed by atoms with Crippen LogP contribution in [-0.4, -0.2) is 18.7 Å². The SMILES string of the molecule is O=C(NCCc1ccccc1)C1=CC=NOC=C1. The lowest BCUT2D eigenvalue weighted by Gasteiger charge is -2.05. The Balaban J connectivity index is 1.82. The van der Waals surface area contributed by atoms with E-state index in [9.17, 15) is 4.79 Å². The number of hydrogen-bond donors (Lipinski definition) is 1. The Bertz CT molecular complexity index is 490. The van der Waals surface area contributed by atoms with Crippen molar-refractivity contribution in [1.29, 1.82) is 0 Å². The van der Waals surface area contributed by atoms with Crippen LogP contribution >= 0.6 is 0 Å². The van der Waals surface area contributed by atoms with E-state index in [1.807, 2.05) is 30.3 Å². The quantitative estimate of drug-likeness (QED) is 0.875. The lowest BCUT2D eigenvalue weighted by Crippen LogP contribution is -2.26. The minimum absolute atomic E-state index is 0.126. The summed E-state index contributed by atoms with van der Waals surface area (Å²) in [7, 11) is 0. The van der Waals surface area contributed by atoms with Crippen LogP contribution < -0.4 is 5.32 Å². The average Bonchev–Trinajstić information content (AvgIpc) is 2.69. The molecule has 1 heterocycles. The van der Waals surface area contributed by atoms with E-state index in [4.69, 9.17) is 4.84 Å². The van der Waals surface area contributed by atoms with Gasteiger partial charge in [-0.1, -0.05) is 35.5 Å². The second kappa shape index (κ2) is 6.39. The molecule has 1 aliphatic heterocycles. The zero-order valence-corrected chi connectivity index (χ0v) is 9.87. The molecule has 1 aromatic carbocycles. The van der Waals surface area contributed by atoms with E-state index < -0.39 is 0 Å². The van der Waals surface area contributed by atoms with Gasteiger partial charge in [-0.05, 0) is 24.1 Å². The smallest absolute Gasteiger partial charge is 0.251 e. The summed E-state index contributed by atoms with van der Waals surface area (Å²) in [6.45, 7) is 0.603. The van der Waals surface area contributed by atoms with Crippen LogP contribution in [0, 0.1) is 0 Å². The fourth-order valence-corrected chi connectivity index (χ4v) is 1.56. The topological polar surface area (TPSA) is 50.7 Å². The predicted molar refractivity (Wildman–Crippen MR) is 70.0 cm³/mol. The maximum atomic E-state index is 11.8. The lowest BCUT2D eigenvalue weighted by atomic mass is 10.1. The largest absolute Gasteiger partial charge is 0.365 e. The summed E-state index contributed by atoms with van der Waals surface area (Å²) < 4.78 is 0. The molecule has 0 saturated heterocycles. The van der Waals surface area contributed by atoms with E-state index in [2.05, 4.69) is 10.5 Å². The van der Waals surface area contributed by atoms with Gasteiger partial charge in [0.15, 0.2) is 0 Å². The molecule has 0 atom stereocenters. The third kappa shape index (κ3) is 3.59. The average molecular weight is 242 g/mol. The fraction of sp³-hybridized carbons (Fsp3) is 0.143. The van der Waals surface area contributed by atoms with Crippen molar-refractivity contribution in [3.05, 3.63) is 59.9 Å². The zero-order valence-electron chi connectivity index (χ0n) is 9.87. The number of rotatable bonds is 4. The normalized spacial score (nSPS) is 13.4. The number of carbonyl (C=O) groups is 1. The Hall–Kier alpha value is -2.36. The molecule has 1 aromatic rings. The van der Waals surface area contributed by atoms with E-state index in [0.717, 1.165) is 6.42 Å². The summed E-state index contributed by atoms with van der Waals surface area (Å²) in [4.78, 5) is 16.5. The summed E-state index contributed by atoms with van der Waals surface area (Å²) in [5.41, 5.74) is 1.73. The number of hydrogen-bond acceptors (Lipinski definition) is 3. The molecule has 0 aromatic heterocycles. The first kappa shape index (κ1) is 12.1. The van der Waals surface area contributed by atoms with Crippen molar-refractivity contribution >= 4 is 12.1 Å². The molecule has 1 N–H and O–H groups in total. The standard InChI is InChI=1S/C14H14N2O2/c17-14(13-7-10-16-18-11-8-13)15-9-6-12-4-2-1-3-5-12/h1-5,7-8,10-11H,6,9H2,(H,15,17). The highest BCUT2D eigenvalue weighted by atomic mass is 16.6. The maximum absolute atomic E-state index is 11.8. The Morgan fingerprint density at radius 2 is 2.11 bits per heavy atom. The molecule has 0 fully saturated rings. The van der Waals surface area contributed by atoms with Crippen LogP contribution in [0.25, 0.3) is 0 Å². The molecule has 0 spiro atoms. The molecule has 0 unspecified atom stereocenters. The molecule has 1 amide bonds. The van der Waals surface area contributed by atoms with Crippen LogP contribution in [0.15, 0.2) is 59.5 Å². The molecule has 0 saturated carbocycles. The molecular formula is C14H14N2O2. The molecule has 2 rings (SSSR count). The van der Waals surface area contributed by atoms with Gasteiger partial charge in [-0.25, -0.2) is 0 Å². The monoisotopic (exact) mass is 242 g/mol. The molecule has 0 radical (unpaired) electrons. The maximum Gasteiger partial charge on any atom is 0.251 e. The zero-order chi connectivity index (χ0) is 12.6. The van der Waals surface area contributed by atoms with Gasteiger partial charge in [0, 0.05) is 12.1 Å². The fourth-order valence-electron chi connectivity index (χ4n) is 1.56. The highest BCUT2D eigenvalue weighted by molar-refractivity contribution is 5.99. The summed E-state index contributed by atoms with van der Waals surface area (Å²) in [6.07, 6.45) is 6.85. The molecule has 0 bridgehead atoms. The van der Waals surface area contributed by atoms with Gasteiger partial charge in [-0.15, -0.1) is 0 Å². The number of oxime groups is 1. The molecule has 1 aliphatic rings. The van der Waals surface area contributed by atoms with Crippen molar-refractivity contribution in [1.82, 2.24) is 5.32 Å². The third-order valence-electron chi connectivity index (χ3n) is 2.49. The minimum atomic E-state index is -0.126. The molecule has 4 heteroatoms. The van der Waals surface area contributed by atoms with Crippen LogP contribution in [0.4, 0.5) is 0 Å². The number of benzene rings is 1. The van der Waals surface area contributed by atoms with Gasteiger partial charge in [0.1, 0.15) is 6.26 Å². The van der Waals surface area contributed by atoms with Gasteiger partial charge in [-0.2, -0.15) is 0 Å².